The molecule has 4 heteroatoms. The average molecular weight is 244 g/mol. The molecule has 1 heterocycles. The topological polar surface area (TPSA) is 55.0 Å². The Labute approximate surface area is 106 Å². The van der Waals surface area contributed by atoms with Crippen LogP contribution < -0.4 is 4.74 Å². The van der Waals surface area contributed by atoms with Crippen molar-refractivity contribution in [1.29, 1.82) is 0 Å². The van der Waals surface area contributed by atoms with Crippen LogP contribution in [-0.2, 0) is 0 Å². The molecule has 0 aliphatic heterocycles. The lowest BCUT2D eigenvalue weighted by Gasteiger charge is -2.10. The molecule has 0 amide bonds. The maximum Gasteiger partial charge on any atom is 0.154 e. The molecule has 0 bridgehead atoms. The predicted molar refractivity (Wildman–Crippen MR) is 70.2 cm³/mol. The van der Waals surface area contributed by atoms with Gasteiger partial charge in [-0.3, -0.25) is 9.89 Å². The highest BCUT2D eigenvalue weighted by molar-refractivity contribution is 5.88. The summed E-state index contributed by atoms with van der Waals surface area (Å²) in [6.07, 6.45) is 0.840. The third-order valence-electron chi connectivity index (χ3n) is 3.11. The number of hydrogen-bond donors (Lipinski definition) is 1. The van der Waals surface area contributed by atoms with E-state index in [0.29, 0.717) is 11.3 Å². The minimum absolute atomic E-state index is 0.614. The lowest BCUT2D eigenvalue weighted by Crippen LogP contribution is -1.93. The second-order valence-electron chi connectivity index (χ2n) is 4.37. The maximum absolute atomic E-state index is 11.1. The molecule has 2 rings (SSSR count). The van der Waals surface area contributed by atoms with Crippen LogP contribution in [0.2, 0.25) is 0 Å². The third-order valence-corrected chi connectivity index (χ3v) is 3.11. The summed E-state index contributed by atoms with van der Waals surface area (Å²) in [4.78, 5) is 11.1. The normalized spacial score (nSPS) is 10.4. The van der Waals surface area contributed by atoms with E-state index in [9.17, 15) is 4.79 Å². The molecule has 18 heavy (non-hydrogen) atoms. The number of nitrogens with one attached hydrogen (secondary N) is 1. The molecular weight excluding hydrogens is 228 g/mol. The van der Waals surface area contributed by atoms with Crippen molar-refractivity contribution < 1.29 is 9.53 Å². The Morgan fingerprint density at radius 2 is 1.94 bits per heavy atom. The average Bonchev–Trinajstić information content (AvgIpc) is 2.72. The minimum atomic E-state index is 0.614. The summed E-state index contributed by atoms with van der Waals surface area (Å²) >= 11 is 0. The number of ether oxygens (including phenoxy) is 1. The van der Waals surface area contributed by atoms with Crippen LogP contribution in [0.5, 0.6) is 5.75 Å². The molecule has 0 saturated carbocycles. The molecule has 2 aromatic rings. The summed E-state index contributed by atoms with van der Waals surface area (Å²) < 4.78 is 5.28. The van der Waals surface area contributed by atoms with Crippen LogP contribution in [0.1, 0.15) is 27.2 Å². The zero-order chi connectivity index (χ0) is 13.3. The van der Waals surface area contributed by atoms with E-state index in [4.69, 9.17) is 4.74 Å². The number of nitrogens with zero attached hydrogens (tertiary/aromatic N) is 1. The molecule has 0 spiro atoms. The van der Waals surface area contributed by atoms with Crippen LogP contribution in [-0.4, -0.2) is 23.6 Å². The zero-order valence-electron chi connectivity index (χ0n) is 11.0. The van der Waals surface area contributed by atoms with Gasteiger partial charge in [-0.05, 0) is 44.0 Å². The molecule has 0 aliphatic rings. The van der Waals surface area contributed by atoms with Gasteiger partial charge in [-0.2, -0.15) is 5.10 Å². The van der Waals surface area contributed by atoms with Crippen molar-refractivity contribution >= 4 is 6.29 Å². The summed E-state index contributed by atoms with van der Waals surface area (Å²) in [7, 11) is 1.65. The van der Waals surface area contributed by atoms with Gasteiger partial charge in [-0.1, -0.05) is 0 Å². The second kappa shape index (κ2) is 4.64. The summed E-state index contributed by atoms with van der Waals surface area (Å²) in [6, 6.07) is 3.96. The number of H-pyrrole nitrogens is 1. The Morgan fingerprint density at radius 1 is 1.22 bits per heavy atom. The quantitative estimate of drug-likeness (QED) is 0.845. The van der Waals surface area contributed by atoms with Crippen LogP contribution in [0.25, 0.3) is 11.3 Å². The number of carbonyl (C=O) groups excluding carboxylic acids is 1. The summed E-state index contributed by atoms with van der Waals surface area (Å²) in [5.74, 6) is 0.844. The van der Waals surface area contributed by atoms with Crippen molar-refractivity contribution in [3.8, 4) is 17.0 Å². The summed E-state index contributed by atoms with van der Waals surface area (Å²) in [6.45, 7) is 5.80. The molecule has 94 valence electrons. The SMILES string of the molecule is COc1cc(C)c(-c2n[nH]c(C)c2C=O)cc1C. The van der Waals surface area contributed by atoms with Crippen molar-refractivity contribution in [2.45, 2.75) is 20.8 Å². The number of aldehydes is 1. The highest BCUT2D eigenvalue weighted by Crippen LogP contribution is 2.31. The lowest BCUT2D eigenvalue weighted by atomic mass is 9.99. The molecule has 0 aliphatic carbocycles. The van der Waals surface area contributed by atoms with E-state index in [2.05, 4.69) is 10.2 Å². The van der Waals surface area contributed by atoms with Crippen molar-refractivity contribution in [1.82, 2.24) is 10.2 Å². The molecule has 0 fully saturated rings. The number of rotatable bonds is 3. The van der Waals surface area contributed by atoms with E-state index < -0.39 is 0 Å². The number of aryl methyl sites for hydroxylation is 3. The fourth-order valence-electron chi connectivity index (χ4n) is 2.05. The zero-order valence-corrected chi connectivity index (χ0v) is 11.0. The monoisotopic (exact) mass is 244 g/mol. The molecule has 0 atom stereocenters. The van der Waals surface area contributed by atoms with Gasteiger partial charge in [0, 0.05) is 11.3 Å². The van der Waals surface area contributed by atoms with Gasteiger partial charge in [0.2, 0.25) is 0 Å². The van der Waals surface area contributed by atoms with Gasteiger partial charge in [-0.15, -0.1) is 0 Å². The Hall–Kier alpha value is -2.10. The molecule has 1 aromatic carbocycles. The van der Waals surface area contributed by atoms with E-state index >= 15 is 0 Å². The molecule has 0 unspecified atom stereocenters. The summed E-state index contributed by atoms with van der Waals surface area (Å²) in [5, 5.41) is 7.07. The predicted octanol–water partition coefficient (Wildman–Crippen LogP) is 2.82. The molecule has 0 saturated heterocycles. The van der Waals surface area contributed by atoms with E-state index in [1.807, 2.05) is 32.9 Å². The first-order chi connectivity index (χ1) is 8.58. The number of methoxy groups -OCH3 is 1. The molecule has 0 radical (unpaired) electrons. The first-order valence-electron chi connectivity index (χ1n) is 5.74. The highest BCUT2D eigenvalue weighted by atomic mass is 16.5. The van der Waals surface area contributed by atoms with Gasteiger partial charge in [0.25, 0.3) is 0 Å². The van der Waals surface area contributed by atoms with E-state index in [-0.39, 0.29) is 0 Å². The van der Waals surface area contributed by atoms with Gasteiger partial charge >= 0.3 is 0 Å². The first kappa shape index (κ1) is 12.4. The molecule has 1 aromatic heterocycles. The van der Waals surface area contributed by atoms with Gasteiger partial charge in [-0.25, -0.2) is 0 Å². The first-order valence-corrected chi connectivity index (χ1v) is 5.74. The Kier molecular flexibility index (Phi) is 3.19. The van der Waals surface area contributed by atoms with Crippen molar-refractivity contribution in [3.63, 3.8) is 0 Å². The Morgan fingerprint density at radius 3 is 2.56 bits per heavy atom. The summed E-state index contributed by atoms with van der Waals surface area (Å²) in [5.41, 5.74) is 5.11. The fourth-order valence-corrected chi connectivity index (χ4v) is 2.05. The number of aromatic amines is 1. The van der Waals surface area contributed by atoms with Gasteiger partial charge in [0.05, 0.1) is 12.7 Å². The van der Waals surface area contributed by atoms with Crippen molar-refractivity contribution in [2.75, 3.05) is 7.11 Å². The van der Waals surface area contributed by atoms with E-state index in [0.717, 1.165) is 34.4 Å². The van der Waals surface area contributed by atoms with Crippen LogP contribution >= 0.6 is 0 Å². The number of carbonyl (C=O) groups is 1. The second-order valence-corrected chi connectivity index (χ2v) is 4.37. The molecular formula is C14H16N2O2. The van der Waals surface area contributed by atoms with Gasteiger partial charge in [0.1, 0.15) is 11.4 Å². The van der Waals surface area contributed by atoms with Crippen molar-refractivity contribution in [3.05, 3.63) is 34.5 Å². The number of aromatic nitrogens is 2. The standard InChI is InChI=1S/C14H16N2O2/c1-8-6-13(18-4)9(2)5-11(8)14-12(7-17)10(3)15-16-14/h5-7H,1-4H3,(H,15,16). The van der Waals surface area contributed by atoms with Crippen LogP contribution in [0.15, 0.2) is 12.1 Å². The number of benzene rings is 1. The highest BCUT2D eigenvalue weighted by Gasteiger charge is 2.15. The van der Waals surface area contributed by atoms with Crippen LogP contribution in [0, 0.1) is 20.8 Å². The van der Waals surface area contributed by atoms with Crippen LogP contribution in [0.4, 0.5) is 0 Å². The van der Waals surface area contributed by atoms with Gasteiger partial charge < -0.3 is 4.74 Å². The van der Waals surface area contributed by atoms with E-state index in [1.54, 1.807) is 7.11 Å². The molecule has 4 nitrogen and oxygen atoms in total. The maximum atomic E-state index is 11.1. The Balaban J connectivity index is 2.64. The number of hydrogen-bond acceptors (Lipinski definition) is 3. The van der Waals surface area contributed by atoms with Crippen LogP contribution in [0.3, 0.4) is 0 Å². The largest absolute Gasteiger partial charge is 0.496 e. The minimum Gasteiger partial charge on any atom is -0.496 e. The fraction of sp³-hybridized carbons (Fsp3) is 0.286. The van der Waals surface area contributed by atoms with E-state index in [1.165, 1.54) is 0 Å². The molecule has 1 N–H and O–H groups in total. The Bertz CT molecular complexity index is 600. The third kappa shape index (κ3) is 1.90. The smallest absolute Gasteiger partial charge is 0.154 e. The lowest BCUT2D eigenvalue weighted by molar-refractivity contribution is 0.112. The van der Waals surface area contributed by atoms with Gasteiger partial charge in [0.15, 0.2) is 6.29 Å². The van der Waals surface area contributed by atoms with Crippen molar-refractivity contribution in [2.24, 2.45) is 0 Å².